The predicted molar refractivity (Wildman–Crippen MR) is 80.1 cm³/mol. The standard InChI is InChI=1S/C16H22N2O2/c1-11(2)17(12(3)4)9-10-18-14-8-6-5-7-13(14)15(19)16(18)20/h5-8,11-12H,9-10H2,1-4H3. The number of hydrogen-bond acceptors (Lipinski definition) is 3. The van der Waals surface area contributed by atoms with E-state index in [9.17, 15) is 9.59 Å². The molecule has 1 heterocycles. The highest BCUT2D eigenvalue weighted by atomic mass is 16.2. The summed E-state index contributed by atoms with van der Waals surface area (Å²) in [4.78, 5) is 27.9. The summed E-state index contributed by atoms with van der Waals surface area (Å²) in [7, 11) is 0. The molecule has 1 aliphatic heterocycles. The fourth-order valence-electron chi connectivity index (χ4n) is 2.80. The van der Waals surface area contributed by atoms with Gasteiger partial charge in [-0.15, -0.1) is 0 Å². The molecule has 0 fully saturated rings. The molecule has 2 rings (SSSR count). The third kappa shape index (κ3) is 2.61. The van der Waals surface area contributed by atoms with E-state index < -0.39 is 5.91 Å². The molecule has 1 amide bonds. The average molecular weight is 274 g/mol. The largest absolute Gasteiger partial charge is 0.303 e. The quantitative estimate of drug-likeness (QED) is 0.774. The molecule has 0 radical (unpaired) electrons. The van der Waals surface area contributed by atoms with Crippen LogP contribution in [0.4, 0.5) is 5.69 Å². The Bertz CT molecular complexity index is 515. The van der Waals surface area contributed by atoms with Gasteiger partial charge >= 0.3 is 0 Å². The van der Waals surface area contributed by atoms with Crippen LogP contribution < -0.4 is 4.90 Å². The van der Waals surface area contributed by atoms with Crippen LogP contribution >= 0.6 is 0 Å². The van der Waals surface area contributed by atoms with Crippen molar-refractivity contribution in [2.75, 3.05) is 18.0 Å². The Hall–Kier alpha value is -1.68. The number of carbonyl (C=O) groups excluding carboxylic acids is 2. The van der Waals surface area contributed by atoms with Gasteiger partial charge in [-0.05, 0) is 39.8 Å². The van der Waals surface area contributed by atoms with Crippen LogP contribution in [0.1, 0.15) is 38.1 Å². The lowest BCUT2D eigenvalue weighted by molar-refractivity contribution is -0.114. The van der Waals surface area contributed by atoms with Gasteiger partial charge in [0.15, 0.2) is 0 Å². The van der Waals surface area contributed by atoms with Crippen molar-refractivity contribution in [3.05, 3.63) is 29.8 Å². The highest BCUT2D eigenvalue weighted by Crippen LogP contribution is 2.28. The summed E-state index contributed by atoms with van der Waals surface area (Å²) < 4.78 is 0. The molecule has 4 heteroatoms. The van der Waals surface area contributed by atoms with E-state index in [1.54, 1.807) is 17.0 Å². The number of nitrogens with zero attached hydrogens (tertiary/aromatic N) is 2. The van der Waals surface area contributed by atoms with Crippen molar-refractivity contribution in [3.63, 3.8) is 0 Å². The first kappa shape index (κ1) is 14.7. The van der Waals surface area contributed by atoms with Crippen LogP contribution in [0.15, 0.2) is 24.3 Å². The fraction of sp³-hybridized carbons (Fsp3) is 0.500. The topological polar surface area (TPSA) is 40.6 Å². The van der Waals surface area contributed by atoms with E-state index in [2.05, 4.69) is 32.6 Å². The SMILES string of the molecule is CC(C)N(CCN1C(=O)C(=O)c2ccccc21)C(C)C. The molecule has 1 aromatic carbocycles. The first-order valence-corrected chi connectivity index (χ1v) is 7.14. The number of fused-ring (bicyclic) bond motifs is 1. The number of benzene rings is 1. The van der Waals surface area contributed by atoms with Gasteiger partial charge in [-0.3, -0.25) is 14.5 Å². The molecule has 0 bridgehead atoms. The van der Waals surface area contributed by atoms with E-state index >= 15 is 0 Å². The van der Waals surface area contributed by atoms with Crippen LogP contribution in [0, 0.1) is 0 Å². The van der Waals surface area contributed by atoms with Gasteiger partial charge in [0.25, 0.3) is 11.7 Å². The van der Waals surface area contributed by atoms with E-state index in [-0.39, 0.29) is 5.78 Å². The molecular weight excluding hydrogens is 252 g/mol. The second kappa shape index (κ2) is 5.75. The van der Waals surface area contributed by atoms with Crippen molar-refractivity contribution in [1.82, 2.24) is 4.90 Å². The molecule has 108 valence electrons. The van der Waals surface area contributed by atoms with Crippen LogP contribution in [-0.4, -0.2) is 41.8 Å². The zero-order valence-electron chi connectivity index (χ0n) is 12.6. The van der Waals surface area contributed by atoms with Gasteiger partial charge in [0.1, 0.15) is 0 Å². The van der Waals surface area contributed by atoms with Gasteiger partial charge in [0.2, 0.25) is 0 Å². The van der Waals surface area contributed by atoms with Crippen LogP contribution in [0.5, 0.6) is 0 Å². The molecular formula is C16H22N2O2. The number of amides is 1. The van der Waals surface area contributed by atoms with Crippen molar-refractivity contribution in [3.8, 4) is 0 Å². The molecule has 4 nitrogen and oxygen atoms in total. The summed E-state index contributed by atoms with van der Waals surface area (Å²) in [5.41, 5.74) is 1.27. The van der Waals surface area contributed by atoms with E-state index in [0.29, 0.717) is 24.2 Å². The molecule has 1 aromatic rings. The van der Waals surface area contributed by atoms with E-state index in [1.807, 2.05) is 12.1 Å². The number of hydrogen-bond donors (Lipinski definition) is 0. The van der Waals surface area contributed by atoms with Gasteiger partial charge in [0, 0.05) is 25.2 Å². The zero-order valence-corrected chi connectivity index (χ0v) is 12.6. The minimum Gasteiger partial charge on any atom is -0.303 e. The van der Waals surface area contributed by atoms with Crippen LogP contribution in [0.3, 0.4) is 0 Å². The minimum atomic E-state index is -0.404. The maximum Gasteiger partial charge on any atom is 0.299 e. The smallest absolute Gasteiger partial charge is 0.299 e. The second-order valence-corrected chi connectivity index (χ2v) is 5.73. The Labute approximate surface area is 120 Å². The van der Waals surface area contributed by atoms with Gasteiger partial charge in [-0.2, -0.15) is 0 Å². The average Bonchev–Trinajstić information content (AvgIpc) is 2.63. The van der Waals surface area contributed by atoms with Crippen molar-refractivity contribution in [2.24, 2.45) is 0 Å². The first-order chi connectivity index (χ1) is 9.43. The molecule has 0 unspecified atom stereocenters. The highest BCUT2D eigenvalue weighted by molar-refractivity contribution is 6.52. The highest BCUT2D eigenvalue weighted by Gasteiger charge is 2.35. The van der Waals surface area contributed by atoms with Gasteiger partial charge < -0.3 is 4.90 Å². The molecule has 0 saturated heterocycles. The maximum atomic E-state index is 12.1. The summed E-state index contributed by atoms with van der Waals surface area (Å²) >= 11 is 0. The van der Waals surface area contributed by atoms with Crippen LogP contribution in [0.2, 0.25) is 0 Å². The minimum absolute atomic E-state index is 0.388. The lowest BCUT2D eigenvalue weighted by Crippen LogP contribution is -2.43. The molecule has 0 aromatic heterocycles. The van der Waals surface area contributed by atoms with Gasteiger partial charge in [-0.1, -0.05) is 12.1 Å². The third-order valence-electron chi connectivity index (χ3n) is 3.79. The summed E-state index contributed by atoms with van der Waals surface area (Å²) in [6.07, 6.45) is 0. The van der Waals surface area contributed by atoms with E-state index in [4.69, 9.17) is 0 Å². The molecule has 0 atom stereocenters. The number of anilines is 1. The summed E-state index contributed by atoms with van der Waals surface area (Å²) in [5.74, 6) is -0.792. The number of Topliss-reactive ketones (excluding diaryl/α,β-unsaturated/α-hetero) is 1. The molecule has 0 N–H and O–H groups in total. The molecule has 0 saturated carbocycles. The third-order valence-corrected chi connectivity index (χ3v) is 3.79. The number of rotatable bonds is 5. The summed E-state index contributed by atoms with van der Waals surface area (Å²) in [5, 5.41) is 0. The molecule has 0 spiro atoms. The number of para-hydroxylation sites is 1. The summed E-state index contributed by atoms with van der Waals surface area (Å²) in [6, 6.07) is 8.05. The lowest BCUT2D eigenvalue weighted by Gasteiger charge is -2.32. The molecule has 1 aliphatic rings. The monoisotopic (exact) mass is 274 g/mol. The van der Waals surface area contributed by atoms with E-state index in [0.717, 1.165) is 12.2 Å². The maximum absolute atomic E-state index is 12.1. The Morgan fingerprint density at radius 2 is 1.65 bits per heavy atom. The van der Waals surface area contributed by atoms with Crippen LogP contribution in [-0.2, 0) is 4.79 Å². The Kier molecular flexibility index (Phi) is 4.23. The Morgan fingerprint density at radius 3 is 2.25 bits per heavy atom. The summed E-state index contributed by atoms with van der Waals surface area (Å²) in [6.45, 7) is 9.90. The van der Waals surface area contributed by atoms with Crippen molar-refractivity contribution >= 4 is 17.4 Å². The lowest BCUT2D eigenvalue weighted by atomic mass is 10.1. The fourth-order valence-corrected chi connectivity index (χ4v) is 2.80. The zero-order chi connectivity index (χ0) is 14.9. The predicted octanol–water partition coefficient (Wildman–Crippen LogP) is 2.33. The second-order valence-electron chi connectivity index (χ2n) is 5.73. The molecule has 20 heavy (non-hydrogen) atoms. The number of carbonyl (C=O) groups is 2. The Balaban J connectivity index is 2.14. The van der Waals surface area contributed by atoms with Crippen molar-refractivity contribution in [2.45, 2.75) is 39.8 Å². The van der Waals surface area contributed by atoms with E-state index in [1.165, 1.54) is 0 Å². The van der Waals surface area contributed by atoms with Crippen molar-refractivity contribution in [1.29, 1.82) is 0 Å². The first-order valence-electron chi connectivity index (χ1n) is 7.14. The van der Waals surface area contributed by atoms with Gasteiger partial charge in [-0.25, -0.2) is 0 Å². The van der Waals surface area contributed by atoms with Crippen LogP contribution in [0.25, 0.3) is 0 Å². The molecule has 0 aliphatic carbocycles. The Morgan fingerprint density at radius 1 is 1.05 bits per heavy atom. The van der Waals surface area contributed by atoms with Crippen molar-refractivity contribution < 1.29 is 9.59 Å². The normalized spacial score (nSPS) is 14.8. The number of ketones is 1. The van der Waals surface area contributed by atoms with Gasteiger partial charge in [0.05, 0.1) is 11.3 Å².